The fourth-order valence-electron chi connectivity index (χ4n) is 3.50. The fraction of sp³-hybridized carbons (Fsp3) is 0.429. The van der Waals surface area contributed by atoms with Gasteiger partial charge in [0.1, 0.15) is 24.3 Å². The maximum absolute atomic E-state index is 13.9. The molecule has 3 rings (SSSR count). The molecule has 5 heteroatoms. The summed E-state index contributed by atoms with van der Waals surface area (Å²) in [4.78, 5) is 9.04. The zero-order valence-corrected chi connectivity index (χ0v) is 19.8. The first-order valence-corrected chi connectivity index (χ1v) is 12.1. The SMILES string of the molecule is CCCCCOc1ccc(-c2cnc(-c3ccc(OCC(F)CCCCC)cc3)nc2)cc1. The largest absolute Gasteiger partial charge is 0.494 e. The molecule has 0 radical (unpaired) electrons. The number of halogens is 1. The van der Waals surface area contributed by atoms with Crippen LogP contribution in [0.5, 0.6) is 11.5 Å². The minimum Gasteiger partial charge on any atom is -0.494 e. The first-order chi connectivity index (χ1) is 16.2. The first-order valence-electron chi connectivity index (χ1n) is 12.1. The first kappa shape index (κ1) is 24.7. The lowest BCUT2D eigenvalue weighted by Gasteiger charge is -2.11. The molecule has 3 aromatic rings. The van der Waals surface area contributed by atoms with Gasteiger partial charge in [-0.05, 0) is 54.8 Å². The highest BCUT2D eigenvalue weighted by molar-refractivity contribution is 5.64. The molecule has 0 aliphatic rings. The summed E-state index contributed by atoms with van der Waals surface area (Å²) in [6.45, 7) is 5.15. The Hall–Kier alpha value is -2.95. The standard InChI is InChI=1S/C28H35FN2O2/c1-3-5-7-9-25(29)21-33-27-16-12-23(13-17-27)28-30-19-24(20-31-28)22-10-14-26(15-11-22)32-18-8-6-4-2/h10-17,19-20,25H,3-9,18,21H2,1-2H3. The second-order valence-corrected chi connectivity index (χ2v) is 8.30. The molecule has 1 unspecified atom stereocenters. The Balaban J connectivity index is 1.52. The van der Waals surface area contributed by atoms with E-state index in [0.717, 1.165) is 54.7 Å². The number of unbranched alkanes of at least 4 members (excludes halogenated alkanes) is 4. The van der Waals surface area contributed by atoms with Crippen LogP contribution in [0.15, 0.2) is 60.9 Å². The summed E-state index contributed by atoms with van der Waals surface area (Å²) in [6, 6.07) is 15.5. The zero-order chi connectivity index (χ0) is 23.3. The predicted molar refractivity (Wildman–Crippen MR) is 132 cm³/mol. The van der Waals surface area contributed by atoms with Gasteiger partial charge in [-0.15, -0.1) is 0 Å². The molecule has 0 aliphatic heterocycles. The van der Waals surface area contributed by atoms with Gasteiger partial charge in [-0.25, -0.2) is 14.4 Å². The van der Waals surface area contributed by atoms with Gasteiger partial charge >= 0.3 is 0 Å². The number of aromatic nitrogens is 2. The van der Waals surface area contributed by atoms with Crippen molar-refractivity contribution in [2.24, 2.45) is 0 Å². The molecule has 0 N–H and O–H groups in total. The van der Waals surface area contributed by atoms with Crippen LogP contribution in [0.25, 0.3) is 22.5 Å². The minimum atomic E-state index is -0.922. The number of rotatable bonds is 14. The number of alkyl halides is 1. The molecule has 33 heavy (non-hydrogen) atoms. The quantitative estimate of drug-likeness (QED) is 0.236. The number of nitrogens with zero attached hydrogens (tertiary/aromatic N) is 2. The number of benzene rings is 2. The van der Waals surface area contributed by atoms with Crippen LogP contribution in [0.2, 0.25) is 0 Å². The third kappa shape index (κ3) is 8.16. The molecule has 0 amide bonds. The molecule has 0 fully saturated rings. The molecular formula is C28H35FN2O2. The fourth-order valence-corrected chi connectivity index (χ4v) is 3.50. The molecule has 1 heterocycles. The van der Waals surface area contributed by atoms with Gasteiger partial charge in [0.2, 0.25) is 0 Å². The summed E-state index contributed by atoms with van der Waals surface area (Å²) in [6.07, 6.45) is 9.81. The molecule has 1 aromatic heterocycles. The van der Waals surface area contributed by atoms with E-state index in [1.54, 1.807) is 0 Å². The van der Waals surface area contributed by atoms with E-state index in [2.05, 4.69) is 23.8 Å². The summed E-state index contributed by atoms with van der Waals surface area (Å²) in [5, 5.41) is 0. The van der Waals surface area contributed by atoms with E-state index in [9.17, 15) is 4.39 Å². The molecule has 0 saturated carbocycles. The number of hydrogen-bond acceptors (Lipinski definition) is 4. The van der Waals surface area contributed by atoms with Crippen LogP contribution in [0.1, 0.15) is 58.8 Å². The van der Waals surface area contributed by atoms with Crippen molar-refractivity contribution in [2.45, 2.75) is 65.0 Å². The highest BCUT2D eigenvalue weighted by Gasteiger charge is 2.08. The second kappa shape index (κ2) is 13.6. The highest BCUT2D eigenvalue weighted by atomic mass is 19.1. The van der Waals surface area contributed by atoms with E-state index >= 15 is 0 Å². The molecule has 176 valence electrons. The molecular weight excluding hydrogens is 415 g/mol. The Bertz CT molecular complexity index is 928. The van der Waals surface area contributed by atoms with Crippen LogP contribution >= 0.6 is 0 Å². The van der Waals surface area contributed by atoms with Gasteiger partial charge in [0.15, 0.2) is 5.82 Å². The Morgan fingerprint density at radius 1 is 0.697 bits per heavy atom. The highest BCUT2D eigenvalue weighted by Crippen LogP contribution is 2.24. The summed E-state index contributed by atoms with van der Waals surface area (Å²) >= 11 is 0. The zero-order valence-electron chi connectivity index (χ0n) is 19.8. The van der Waals surface area contributed by atoms with Crippen molar-refractivity contribution in [1.82, 2.24) is 9.97 Å². The summed E-state index contributed by atoms with van der Waals surface area (Å²) in [5.74, 6) is 2.18. The third-order valence-electron chi connectivity index (χ3n) is 5.52. The molecule has 2 aromatic carbocycles. The lowest BCUT2D eigenvalue weighted by atomic mass is 10.1. The Morgan fingerprint density at radius 2 is 1.27 bits per heavy atom. The van der Waals surface area contributed by atoms with Crippen molar-refractivity contribution in [3.63, 3.8) is 0 Å². The van der Waals surface area contributed by atoms with Gasteiger partial charge in [0.05, 0.1) is 6.61 Å². The molecule has 4 nitrogen and oxygen atoms in total. The smallest absolute Gasteiger partial charge is 0.159 e. The van der Waals surface area contributed by atoms with Crippen LogP contribution in [-0.4, -0.2) is 29.4 Å². The predicted octanol–water partition coefficient (Wildman–Crippen LogP) is 7.68. The van der Waals surface area contributed by atoms with Gasteiger partial charge in [0.25, 0.3) is 0 Å². The average molecular weight is 451 g/mol. The van der Waals surface area contributed by atoms with E-state index < -0.39 is 6.17 Å². The van der Waals surface area contributed by atoms with Crippen molar-refractivity contribution < 1.29 is 13.9 Å². The van der Waals surface area contributed by atoms with Gasteiger partial charge in [-0.1, -0.05) is 58.1 Å². The van der Waals surface area contributed by atoms with Crippen LogP contribution in [0, 0.1) is 0 Å². The van der Waals surface area contributed by atoms with Crippen LogP contribution in [-0.2, 0) is 0 Å². The average Bonchev–Trinajstić information content (AvgIpc) is 2.86. The summed E-state index contributed by atoms with van der Waals surface area (Å²) in [5.41, 5.74) is 2.89. The van der Waals surface area contributed by atoms with Crippen LogP contribution in [0.4, 0.5) is 4.39 Å². The lowest BCUT2D eigenvalue weighted by Crippen LogP contribution is -2.12. The second-order valence-electron chi connectivity index (χ2n) is 8.30. The molecule has 0 spiro atoms. The van der Waals surface area contributed by atoms with Crippen molar-refractivity contribution >= 4 is 0 Å². The normalized spacial score (nSPS) is 11.8. The molecule has 0 saturated heterocycles. The Morgan fingerprint density at radius 3 is 1.91 bits per heavy atom. The van der Waals surface area contributed by atoms with E-state index in [1.165, 1.54) is 12.8 Å². The van der Waals surface area contributed by atoms with Crippen molar-refractivity contribution in [3.05, 3.63) is 60.9 Å². The van der Waals surface area contributed by atoms with Crippen molar-refractivity contribution in [3.8, 4) is 34.0 Å². The maximum atomic E-state index is 13.9. The van der Waals surface area contributed by atoms with Crippen molar-refractivity contribution in [2.75, 3.05) is 13.2 Å². The molecule has 0 aliphatic carbocycles. The van der Waals surface area contributed by atoms with E-state index in [0.29, 0.717) is 18.0 Å². The van der Waals surface area contributed by atoms with Gasteiger partial charge in [-0.2, -0.15) is 0 Å². The monoisotopic (exact) mass is 450 g/mol. The molecule has 1 atom stereocenters. The van der Waals surface area contributed by atoms with Crippen LogP contribution in [0.3, 0.4) is 0 Å². The van der Waals surface area contributed by atoms with Gasteiger partial charge < -0.3 is 9.47 Å². The molecule has 0 bridgehead atoms. The minimum absolute atomic E-state index is 0.0941. The Labute approximate surface area is 197 Å². The maximum Gasteiger partial charge on any atom is 0.159 e. The number of hydrogen-bond donors (Lipinski definition) is 0. The lowest BCUT2D eigenvalue weighted by molar-refractivity contribution is 0.184. The van der Waals surface area contributed by atoms with E-state index in [1.807, 2.05) is 60.9 Å². The Kier molecular flexibility index (Phi) is 10.1. The van der Waals surface area contributed by atoms with Crippen molar-refractivity contribution in [1.29, 1.82) is 0 Å². The topological polar surface area (TPSA) is 44.2 Å². The third-order valence-corrected chi connectivity index (χ3v) is 5.52. The summed E-state index contributed by atoms with van der Waals surface area (Å²) < 4.78 is 25.2. The number of ether oxygens (including phenoxy) is 2. The van der Waals surface area contributed by atoms with E-state index in [-0.39, 0.29) is 6.61 Å². The summed E-state index contributed by atoms with van der Waals surface area (Å²) in [7, 11) is 0. The van der Waals surface area contributed by atoms with Crippen LogP contribution < -0.4 is 9.47 Å². The van der Waals surface area contributed by atoms with Gasteiger partial charge in [-0.3, -0.25) is 0 Å². The van der Waals surface area contributed by atoms with Gasteiger partial charge in [0, 0.05) is 23.5 Å². The van der Waals surface area contributed by atoms with E-state index in [4.69, 9.17) is 9.47 Å².